The molecule has 0 atom stereocenters. The minimum atomic E-state index is 0.208. The summed E-state index contributed by atoms with van der Waals surface area (Å²) >= 11 is 0. The van der Waals surface area contributed by atoms with Gasteiger partial charge in [-0.25, -0.2) is 0 Å². The van der Waals surface area contributed by atoms with Crippen molar-refractivity contribution in [2.45, 2.75) is 20.3 Å². The van der Waals surface area contributed by atoms with Crippen LogP contribution in [0.1, 0.15) is 20.3 Å². The Morgan fingerprint density at radius 1 is 1.29 bits per heavy atom. The third-order valence-electron chi connectivity index (χ3n) is 2.64. The van der Waals surface area contributed by atoms with E-state index in [4.69, 9.17) is 0 Å². The number of hydrogen-bond acceptors (Lipinski definition) is 2. The van der Waals surface area contributed by atoms with Crippen molar-refractivity contribution in [3.8, 4) is 0 Å². The standard InChI is InChI=1S/C11H20N2O/c1-4-5-10(2)11(14)13-8-6-12(3)7-9-13/h5H,4,6-9H2,1-3H3/b10-5-. The molecule has 0 aromatic rings. The Bertz CT molecular complexity index is 227. The van der Waals surface area contributed by atoms with Crippen molar-refractivity contribution in [3.63, 3.8) is 0 Å². The Hall–Kier alpha value is -0.830. The van der Waals surface area contributed by atoms with Crippen molar-refractivity contribution in [2.24, 2.45) is 0 Å². The van der Waals surface area contributed by atoms with E-state index in [1.165, 1.54) is 0 Å². The number of hydrogen-bond donors (Lipinski definition) is 0. The molecular weight excluding hydrogens is 176 g/mol. The van der Waals surface area contributed by atoms with Crippen molar-refractivity contribution < 1.29 is 4.79 Å². The molecule has 3 nitrogen and oxygen atoms in total. The molecule has 0 N–H and O–H groups in total. The number of carbonyl (C=O) groups is 1. The minimum Gasteiger partial charge on any atom is -0.336 e. The number of likely N-dealkylation sites (N-methyl/N-ethyl adjacent to an activating group) is 1. The van der Waals surface area contributed by atoms with Gasteiger partial charge in [-0.2, -0.15) is 0 Å². The summed E-state index contributed by atoms with van der Waals surface area (Å²) in [6.07, 6.45) is 2.94. The van der Waals surface area contributed by atoms with Crippen LogP contribution in [0.5, 0.6) is 0 Å². The van der Waals surface area contributed by atoms with E-state index >= 15 is 0 Å². The van der Waals surface area contributed by atoms with Crippen LogP contribution in [-0.2, 0) is 4.79 Å². The third-order valence-corrected chi connectivity index (χ3v) is 2.64. The monoisotopic (exact) mass is 196 g/mol. The first kappa shape index (κ1) is 11.2. The smallest absolute Gasteiger partial charge is 0.249 e. The van der Waals surface area contributed by atoms with Crippen molar-refractivity contribution >= 4 is 5.91 Å². The van der Waals surface area contributed by atoms with Gasteiger partial charge in [0.05, 0.1) is 0 Å². The van der Waals surface area contributed by atoms with Gasteiger partial charge in [0.25, 0.3) is 0 Å². The number of allylic oxidation sites excluding steroid dienone is 1. The van der Waals surface area contributed by atoms with Crippen molar-refractivity contribution in [1.29, 1.82) is 0 Å². The van der Waals surface area contributed by atoms with Gasteiger partial charge < -0.3 is 9.80 Å². The summed E-state index contributed by atoms with van der Waals surface area (Å²) < 4.78 is 0. The van der Waals surface area contributed by atoms with Crippen LogP contribution in [0, 0.1) is 0 Å². The zero-order chi connectivity index (χ0) is 10.6. The fourth-order valence-corrected chi connectivity index (χ4v) is 1.65. The molecule has 1 heterocycles. The normalized spacial score (nSPS) is 19.9. The van der Waals surface area contributed by atoms with Crippen molar-refractivity contribution in [3.05, 3.63) is 11.6 Å². The molecule has 0 unspecified atom stereocenters. The van der Waals surface area contributed by atoms with Crippen molar-refractivity contribution in [2.75, 3.05) is 33.2 Å². The number of nitrogens with zero attached hydrogens (tertiary/aromatic N) is 2. The van der Waals surface area contributed by atoms with Gasteiger partial charge in [-0.15, -0.1) is 0 Å². The SMILES string of the molecule is CC/C=C(/C)C(=O)N1CCN(C)CC1. The van der Waals surface area contributed by atoms with Gasteiger partial charge in [0.1, 0.15) is 0 Å². The second-order valence-corrected chi connectivity index (χ2v) is 3.89. The maximum atomic E-state index is 11.8. The van der Waals surface area contributed by atoms with Gasteiger partial charge in [0.15, 0.2) is 0 Å². The molecule has 80 valence electrons. The van der Waals surface area contributed by atoms with Crippen LogP contribution in [0.2, 0.25) is 0 Å². The highest BCUT2D eigenvalue weighted by atomic mass is 16.2. The molecule has 0 aliphatic carbocycles. The van der Waals surface area contributed by atoms with Gasteiger partial charge in [0.2, 0.25) is 5.91 Å². The predicted molar refractivity (Wildman–Crippen MR) is 58.1 cm³/mol. The largest absolute Gasteiger partial charge is 0.336 e. The van der Waals surface area contributed by atoms with Gasteiger partial charge in [-0.1, -0.05) is 13.0 Å². The van der Waals surface area contributed by atoms with Gasteiger partial charge >= 0.3 is 0 Å². The molecule has 0 radical (unpaired) electrons. The van der Waals surface area contributed by atoms with E-state index in [1.807, 2.05) is 17.9 Å². The van der Waals surface area contributed by atoms with E-state index in [1.54, 1.807) is 0 Å². The molecule has 1 saturated heterocycles. The summed E-state index contributed by atoms with van der Waals surface area (Å²) in [4.78, 5) is 16.0. The Labute approximate surface area is 86.4 Å². The fourth-order valence-electron chi connectivity index (χ4n) is 1.65. The molecule has 1 rings (SSSR count). The van der Waals surface area contributed by atoms with E-state index in [0.717, 1.165) is 38.2 Å². The lowest BCUT2D eigenvalue weighted by molar-refractivity contribution is -0.128. The number of rotatable bonds is 2. The molecular formula is C11H20N2O. The number of carbonyl (C=O) groups excluding carboxylic acids is 1. The van der Waals surface area contributed by atoms with Crippen LogP contribution >= 0.6 is 0 Å². The van der Waals surface area contributed by atoms with Crippen molar-refractivity contribution in [1.82, 2.24) is 9.80 Å². The van der Waals surface area contributed by atoms with Crippen LogP contribution < -0.4 is 0 Å². The lowest BCUT2D eigenvalue weighted by atomic mass is 10.2. The van der Waals surface area contributed by atoms with E-state index in [9.17, 15) is 4.79 Å². The topological polar surface area (TPSA) is 23.6 Å². The zero-order valence-electron chi connectivity index (χ0n) is 9.42. The lowest BCUT2D eigenvalue weighted by Crippen LogP contribution is -2.47. The van der Waals surface area contributed by atoms with Crippen LogP contribution in [-0.4, -0.2) is 48.9 Å². The van der Waals surface area contributed by atoms with E-state index in [2.05, 4.69) is 18.9 Å². The average molecular weight is 196 g/mol. The minimum absolute atomic E-state index is 0.208. The second kappa shape index (κ2) is 5.15. The molecule has 0 aromatic carbocycles. The summed E-state index contributed by atoms with van der Waals surface area (Å²) in [6, 6.07) is 0. The first-order chi connectivity index (χ1) is 6.65. The predicted octanol–water partition coefficient (Wildman–Crippen LogP) is 1.12. The van der Waals surface area contributed by atoms with Crippen LogP contribution in [0.4, 0.5) is 0 Å². The first-order valence-corrected chi connectivity index (χ1v) is 5.29. The molecule has 1 fully saturated rings. The summed E-state index contributed by atoms with van der Waals surface area (Å²) in [5, 5.41) is 0. The first-order valence-electron chi connectivity index (χ1n) is 5.29. The summed E-state index contributed by atoms with van der Waals surface area (Å²) in [6.45, 7) is 7.68. The van der Waals surface area contributed by atoms with Crippen LogP contribution in [0.15, 0.2) is 11.6 Å². The number of piperazine rings is 1. The number of amides is 1. The molecule has 14 heavy (non-hydrogen) atoms. The molecule has 1 amide bonds. The Morgan fingerprint density at radius 2 is 1.86 bits per heavy atom. The summed E-state index contributed by atoms with van der Waals surface area (Å²) in [7, 11) is 2.09. The molecule has 0 spiro atoms. The van der Waals surface area contributed by atoms with E-state index in [-0.39, 0.29) is 5.91 Å². The van der Waals surface area contributed by atoms with Gasteiger partial charge in [-0.3, -0.25) is 4.79 Å². The van der Waals surface area contributed by atoms with E-state index < -0.39 is 0 Å². The quantitative estimate of drug-likeness (QED) is 0.618. The Kier molecular flexibility index (Phi) is 4.14. The zero-order valence-corrected chi connectivity index (χ0v) is 9.42. The molecule has 1 aliphatic rings. The maximum absolute atomic E-state index is 11.8. The summed E-state index contributed by atoms with van der Waals surface area (Å²) in [5.41, 5.74) is 0.886. The summed E-state index contributed by atoms with van der Waals surface area (Å²) in [5.74, 6) is 0.208. The van der Waals surface area contributed by atoms with Gasteiger partial charge in [0, 0.05) is 31.8 Å². The second-order valence-electron chi connectivity index (χ2n) is 3.89. The highest BCUT2D eigenvalue weighted by molar-refractivity contribution is 5.92. The Balaban J connectivity index is 2.49. The van der Waals surface area contributed by atoms with Gasteiger partial charge in [-0.05, 0) is 20.4 Å². The van der Waals surface area contributed by atoms with E-state index in [0.29, 0.717) is 0 Å². The molecule has 1 aliphatic heterocycles. The molecule has 0 saturated carbocycles. The fraction of sp³-hybridized carbons (Fsp3) is 0.727. The lowest BCUT2D eigenvalue weighted by Gasteiger charge is -2.32. The maximum Gasteiger partial charge on any atom is 0.249 e. The molecule has 0 bridgehead atoms. The molecule has 3 heteroatoms. The Morgan fingerprint density at radius 3 is 2.36 bits per heavy atom. The molecule has 0 aromatic heterocycles. The van der Waals surface area contributed by atoms with Crippen LogP contribution in [0.25, 0.3) is 0 Å². The third kappa shape index (κ3) is 2.84. The average Bonchev–Trinajstić information content (AvgIpc) is 2.18. The van der Waals surface area contributed by atoms with Crippen LogP contribution in [0.3, 0.4) is 0 Å². The highest BCUT2D eigenvalue weighted by Gasteiger charge is 2.19. The highest BCUT2D eigenvalue weighted by Crippen LogP contribution is 2.06.